The summed E-state index contributed by atoms with van der Waals surface area (Å²) in [7, 11) is 0. The van der Waals surface area contributed by atoms with E-state index in [0.29, 0.717) is 5.57 Å². The topological polar surface area (TPSA) is 74.6 Å². The molecule has 0 saturated carbocycles. The van der Waals surface area contributed by atoms with Gasteiger partial charge in [-0.2, -0.15) is 0 Å². The van der Waals surface area contributed by atoms with Crippen LogP contribution >= 0.6 is 0 Å². The van der Waals surface area contributed by atoms with Gasteiger partial charge in [0.25, 0.3) is 0 Å². The van der Waals surface area contributed by atoms with Crippen molar-refractivity contribution in [3.05, 3.63) is 23.3 Å². The lowest BCUT2D eigenvalue weighted by Gasteiger charge is -2.34. The number of hydrogen-bond donors (Lipinski definition) is 2. The van der Waals surface area contributed by atoms with Crippen LogP contribution in [0.4, 0.5) is 0 Å². The Kier molecular flexibility index (Phi) is 2.71. The highest BCUT2D eigenvalue weighted by molar-refractivity contribution is 5.92. The minimum Gasteiger partial charge on any atom is -0.481 e. The molecule has 0 amide bonds. The van der Waals surface area contributed by atoms with Crippen molar-refractivity contribution in [2.24, 2.45) is 11.3 Å². The molecule has 2 N–H and O–H groups in total. The summed E-state index contributed by atoms with van der Waals surface area (Å²) in [4.78, 5) is 22.0. The molecule has 0 aromatic rings. The van der Waals surface area contributed by atoms with Crippen molar-refractivity contribution in [1.82, 2.24) is 0 Å². The molecule has 4 nitrogen and oxygen atoms in total. The Bertz CT molecular complexity index is 374. The first-order chi connectivity index (χ1) is 6.78. The minimum absolute atomic E-state index is 0.178. The van der Waals surface area contributed by atoms with Gasteiger partial charge in [0.05, 0.1) is 5.92 Å². The SMILES string of the molecule is CC1=C(C(=O)O)C(C)(C)C(C(=O)O)C=C1. The van der Waals surface area contributed by atoms with Crippen LogP contribution in [0, 0.1) is 11.3 Å². The molecule has 1 aliphatic rings. The molecule has 1 rings (SSSR count). The Morgan fingerprint density at radius 3 is 2.27 bits per heavy atom. The summed E-state index contributed by atoms with van der Waals surface area (Å²) in [5, 5.41) is 18.1. The van der Waals surface area contributed by atoms with Crippen LogP contribution in [0.3, 0.4) is 0 Å². The van der Waals surface area contributed by atoms with E-state index >= 15 is 0 Å². The molecule has 1 atom stereocenters. The fourth-order valence-corrected chi connectivity index (χ4v) is 2.06. The molecule has 15 heavy (non-hydrogen) atoms. The quantitative estimate of drug-likeness (QED) is 0.727. The molecule has 82 valence electrons. The highest BCUT2D eigenvalue weighted by atomic mass is 16.4. The first-order valence-electron chi connectivity index (χ1n) is 4.64. The third-order valence-electron chi connectivity index (χ3n) is 2.83. The van der Waals surface area contributed by atoms with E-state index in [4.69, 9.17) is 10.2 Å². The maximum atomic E-state index is 11.1. The summed E-state index contributed by atoms with van der Waals surface area (Å²) >= 11 is 0. The van der Waals surface area contributed by atoms with E-state index in [9.17, 15) is 9.59 Å². The van der Waals surface area contributed by atoms with Crippen molar-refractivity contribution in [2.75, 3.05) is 0 Å². The second-order valence-corrected chi connectivity index (χ2v) is 4.26. The van der Waals surface area contributed by atoms with Crippen molar-refractivity contribution in [3.63, 3.8) is 0 Å². The maximum Gasteiger partial charge on any atom is 0.332 e. The number of allylic oxidation sites excluding steroid dienone is 2. The first-order valence-corrected chi connectivity index (χ1v) is 4.64. The zero-order chi connectivity index (χ0) is 11.8. The monoisotopic (exact) mass is 210 g/mol. The molecule has 1 unspecified atom stereocenters. The second kappa shape index (κ2) is 3.53. The highest BCUT2D eigenvalue weighted by Gasteiger charge is 2.42. The average Bonchev–Trinajstić information content (AvgIpc) is 1.99. The number of carboxylic acids is 2. The van der Waals surface area contributed by atoms with Gasteiger partial charge in [-0.3, -0.25) is 4.79 Å². The lowest BCUT2D eigenvalue weighted by molar-refractivity contribution is -0.143. The van der Waals surface area contributed by atoms with E-state index in [-0.39, 0.29) is 5.57 Å². The van der Waals surface area contributed by atoms with Crippen LogP contribution in [-0.2, 0) is 9.59 Å². The number of hydrogen-bond acceptors (Lipinski definition) is 2. The molecule has 1 aliphatic carbocycles. The maximum absolute atomic E-state index is 11.1. The summed E-state index contributed by atoms with van der Waals surface area (Å²) < 4.78 is 0. The molecule has 0 saturated heterocycles. The summed E-state index contributed by atoms with van der Waals surface area (Å²) in [6.07, 6.45) is 3.11. The third-order valence-corrected chi connectivity index (χ3v) is 2.83. The second-order valence-electron chi connectivity index (χ2n) is 4.26. The fourth-order valence-electron chi connectivity index (χ4n) is 2.06. The van der Waals surface area contributed by atoms with Crippen LogP contribution in [0.5, 0.6) is 0 Å². The molecule has 4 heteroatoms. The van der Waals surface area contributed by atoms with Crippen LogP contribution in [-0.4, -0.2) is 22.2 Å². The first kappa shape index (κ1) is 11.5. The Labute approximate surface area is 87.9 Å². The van der Waals surface area contributed by atoms with E-state index < -0.39 is 23.3 Å². The van der Waals surface area contributed by atoms with Crippen molar-refractivity contribution in [1.29, 1.82) is 0 Å². The standard InChI is InChI=1S/C11H14O4/c1-6-4-5-7(9(12)13)11(2,3)8(6)10(14)15/h4-5,7H,1-3H3,(H,12,13)(H,14,15). The Hall–Kier alpha value is -1.58. The number of rotatable bonds is 2. The molecular formula is C11H14O4. The molecule has 0 aliphatic heterocycles. The summed E-state index contributed by atoms with van der Waals surface area (Å²) in [5.41, 5.74) is -0.0846. The van der Waals surface area contributed by atoms with Gasteiger partial charge in [0, 0.05) is 11.0 Å². The number of aliphatic carboxylic acids is 2. The van der Waals surface area contributed by atoms with Gasteiger partial charge in [-0.25, -0.2) is 4.79 Å². The smallest absolute Gasteiger partial charge is 0.332 e. The van der Waals surface area contributed by atoms with Gasteiger partial charge < -0.3 is 10.2 Å². The molecule has 0 aromatic carbocycles. The van der Waals surface area contributed by atoms with E-state index in [1.165, 1.54) is 0 Å². The lowest BCUT2D eigenvalue weighted by Crippen LogP contribution is -2.36. The van der Waals surface area contributed by atoms with Gasteiger partial charge >= 0.3 is 11.9 Å². The van der Waals surface area contributed by atoms with Gasteiger partial charge in [0.15, 0.2) is 0 Å². The van der Waals surface area contributed by atoms with Crippen molar-refractivity contribution in [2.45, 2.75) is 20.8 Å². The number of carbonyl (C=O) groups is 2. The van der Waals surface area contributed by atoms with Crippen molar-refractivity contribution < 1.29 is 19.8 Å². The number of carboxylic acid groups (broad SMARTS) is 2. The molecule has 0 spiro atoms. The van der Waals surface area contributed by atoms with Crippen LogP contribution in [0.1, 0.15) is 20.8 Å². The molecule has 0 heterocycles. The van der Waals surface area contributed by atoms with Crippen LogP contribution in [0.15, 0.2) is 23.3 Å². The molecule has 0 bridgehead atoms. The summed E-state index contributed by atoms with van der Waals surface area (Å²) in [6.45, 7) is 4.96. The zero-order valence-electron chi connectivity index (χ0n) is 8.94. The normalized spacial score (nSPS) is 24.1. The van der Waals surface area contributed by atoms with Crippen molar-refractivity contribution in [3.8, 4) is 0 Å². The van der Waals surface area contributed by atoms with Crippen LogP contribution in [0.2, 0.25) is 0 Å². The fraction of sp³-hybridized carbons (Fsp3) is 0.455. The Balaban J connectivity index is 3.29. The predicted octanol–water partition coefficient (Wildman–Crippen LogP) is 1.68. The van der Waals surface area contributed by atoms with Crippen LogP contribution in [0.25, 0.3) is 0 Å². The average molecular weight is 210 g/mol. The van der Waals surface area contributed by atoms with E-state index in [2.05, 4.69) is 0 Å². The predicted molar refractivity (Wildman–Crippen MR) is 54.4 cm³/mol. The van der Waals surface area contributed by atoms with Gasteiger partial charge in [0.2, 0.25) is 0 Å². The summed E-state index contributed by atoms with van der Waals surface area (Å²) in [6, 6.07) is 0. The molecule has 0 radical (unpaired) electrons. The summed E-state index contributed by atoms with van der Waals surface area (Å²) in [5.74, 6) is -2.83. The van der Waals surface area contributed by atoms with Gasteiger partial charge in [-0.1, -0.05) is 26.0 Å². The van der Waals surface area contributed by atoms with E-state index in [1.54, 1.807) is 32.9 Å². The zero-order valence-corrected chi connectivity index (χ0v) is 8.94. The van der Waals surface area contributed by atoms with Crippen molar-refractivity contribution >= 4 is 11.9 Å². The van der Waals surface area contributed by atoms with Gasteiger partial charge in [-0.05, 0) is 12.5 Å². The highest BCUT2D eigenvalue weighted by Crippen LogP contribution is 2.41. The third kappa shape index (κ3) is 1.79. The van der Waals surface area contributed by atoms with Crippen LogP contribution < -0.4 is 0 Å². The molecule has 0 fully saturated rings. The largest absolute Gasteiger partial charge is 0.481 e. The molecule has 0 aromatic heterocycles. The minimum atomic E-state index is -1.05. The van der Waals surface area contributed by atoms with Gasteiger partial charge in [0.1, 0.15) is 0 Å². The van der Waals surface area contributed by atoms with E-state index in [0.717, 1.165) is 0 Å². The van der Waals surface area contributed by atoms with E-state index in [1.807, 2.05) is 0 Å². The Morgan fingerprint density at radius 1 is 1.33 bits per heavy atom. The Morgan fingerprint density at radius 2 is 1.87 bits per heavy atom. The molecular weight excluding hydrogens is 196 g/mol. The lowest BCUT2D eigenvalue weighted by atomic mass is 9.68. The van der Waals surface area contributed by atoms with Gasteiger partial charge in [-0.15, -0.1) is 0 Å².